The van der Waals surface area contributed by atoms with Crippen LogP contribution in [0.15, 0.2) is 12.3 Å². The summed E-state index contributed by atoms with van der Waals surface area (Å²) in [5.74, 6) is 3.29. The van der Waals surface area contributed by atoms with Crippen LogP contribution >= 0.6 is 11.8 Å². The molecule has 3 heterocycles. The number of rotatable bonds is 1. The molecule has 0 spiro atoms. The smallest absolute Gasteiger partial charge is 0.243 e. The Bertz CT molecular complexity index is 503. The number of amides is 1. The lowest BCUT2D eigenvalue weighted by Gasteiger charge is -2.31. The van der Waals surface area contributed by atoms with Crippen molar-refractivity contribution in [1.29, 1.82) is 0 Å². The van der Waals surface area contributed by atoms with Crippen molar-refractivity contribution in [2.45, 2.75) is 32.4 Å². The molecule has 2 aliphatic rings. The fourth-order valence-electron chi connectivity index (χ4n) is 2.57. The number of anilines is 1. The molecule has 102 valence electrons. The second-order valence-corrected chi connectivity index (χ2v) is 6.63. The molecule has 5 heteroatoms. The number of hydrogen-bond acceptors (Lipinski definition) is 4. The average Bonchev–Trinajstić information content (AvgIpc) is 2.54. The molecule has 0 radical (unpaired) electrons. The lowest BCUT2D eigenvalue weighted by atomic mass is 10.0. The van der Waals surface area contributed by atoms with Gasteiger partial charge in [-0.1, -0.05) is 13.8 Å². The summed E-state index contributed by atoms with van der Waals surface area (Å²) in [5.41, 5.74) is 2.38. The van der Waals surface area contributed by atoms with E-state index in [4.69, 9.17) is 0 Å². The molecule has 2 aliphatic heterocycles. The van der Waals surface area contributed by atoms with Gasteiger partial charge in [0.1, 0.15) is 5.82 Å². The van der Waals surface area contributed by atoms with Crippen LogP contribution in [0.3, 0.4) is 0 Å². The van der Waals surface area contributed by atoms with Gasteiger partial charge in [-0.05, 0) is 17.5 Å². The molecular formula is C14H19N3OS. The Morgan fingerprint density at radius 2 is 2.37 bits per heavy atom. The zero-order valence-electron chi connectivity index (χ0n) is 11.3. The Hall–Kier alpha value is -1.07. The van der Waals surface area contributed by atoms with Crippen LogP contribution < -0.4 is 5.32 Å². The van der Waals surface area contributed by atoms with E-state index in [1.807, 2.05) is 18.0 Å². The predicted octanol–water partition coefficient (Wildman–Crippen LogP) is 2.07. The minimum Gasteiger partial charge on any atom is -0.309 e. The standard InChI is InChI=1S/C14H19N3OS/c1-9(2)10-5-11-7-17-3-4-19-8-12(17)14(18)16-13(11)15-6-10/h5-6,9,12H,3-4,7-8H2,1-2H3,(H,15,16,18). The van der Waals surface area contributed by atoms with E-state index >= 15 is 0 Å². The van der Waals surface area contributed by atoms with Crippen molar-refractivity contribution < 1.29 is 4.79 Å². The van der Waals surface area contributed by atoms with E-state index in [0.29, 0.717) is 5.92 Å². The van der Waals surface area contributed by atoms with Crippen LogP contribution in [0.2, 0.25) is 0 Å². The number of carbonyl (C=O) groups is 1. The predicted molar refractivity (Wildman–Crippen MR) is 78.5 cm³/mol. The molecule has 19 heavy (non-hydrogen) atoms. The van der Waals surface area contributed by atoms with Gasteiger partial charge in [-0.25, -0.2) is 4.98 Å². The average molecular weight is 277 g/mol. The summed E-state index contributed by atoms with van der Waals surface area (Å²) in [6, 6.07) is 2.19. The molecule has 1 fully saturated rings. The van der Waals surface area contributed by atoms with Gasteiger partial charge >= 0.3 is 0 Å². The van der Waals surface area contributed by atoms with E-state index in [-0.39, 0.29) is 11.9 Å². The van der Waals surface area contributed by atoms with Crippen molar-refractivity contribution in [1.82, 2.24) is 9.88 Å². The molecule has 0 aliphatic carbocycles. The highest BCUT2D eigenvalue weighted by Crippen LogP contribution is 2.28. The maximum Gasteiger partial charge on any atom is 0.243 e. The van der Waals surface area contributed by atoms with Crippen molar-refractivity contribution in [2.75, 3.05) is 23.4 Å². The summed E-state index contributed by atoms with van der Waals surface area (Å²) in [6.07, 6.45) is 1.88. The number of pyridine rings is 1. The van der Waals surface area contributed by atoms with Crippen LogP contribution in [0.25, 0.3) is 0 Å². The third kappa shape index (κ3) is 2.49. The summed E-state index contributed by atoms with van der Waals surface area (Å²) in [5, 5.41) is 2.98. The lowest BCUT2D eigenvalue weighted by Crippen LogP contribution is -2.47. The first-order chi connectivity index (χ1) is 9.15. The second kappa shape index (κ2) is 5.13. The molecule has 0 bridgehead atoms. The van der Waals surface area contributed by atoms with Crippen molar-refractivity contribution in [3.05, 3.63) is 23.4 Å². The number of aromatic nitrogens is 1. The highest BCUT2D eigenvalue weighted by Gasteiger charge is 2.33. The molecule has 3 rings (SSSR count). The molecule has 1 amide bonds. The maximum atomic E-state index is 12.2. The Labute approximate surface area is 118 Å². The minimum atomic E-state index is -0.00421. The maximum absolute atomic E-state index is 12.2. The highest BCUT2D eigenvalue weighted by atomic mass is 32.2. The molecule has 1 atom stereocenters. The second-order valence-electron chi connectivity index (χ2n) is 5.48. The van der Waals surface area contributed by atoms with Gasteiger partial charge in [-0.15, -0.1) is 0 Å². The zero-order valence-corrected chi connectivity index (χ0v) is 12.2. The van der Waals surface area contributed by atoms with Crippen LogP contribution in [-0.4, -0.2) is 39.9 Å². The Morgan fingerprint density at radius 3 is 3.16 bits per heavy atom. The Morgan fingerprint density at radius 1 is 1.53 bits per heavy atom. The van der Waals surface area contributed by atoms with Gasteiger partial charge < -0.3 is 5.32 Å². The largest absolute Gasteiger partial charge is 0.309 e. The zero-order chi connectivity index (χ0) is 13.4. The minimum absolute atomic E-state index is 0.00421. The normalized spacial score (nSPS) is 23.5. The van der Waals surface area contributed by atoms with Crippen LogP contribution in [0.4, 0.5) is 5.82 Å². The number of fused-ring (bicyclic) bond motifs is 2. The Balaban J connectivity index is 1.95. The summed E-state index contributed by atoms with van der Waals surface area (Å²) in [6.45, 7) is 6.14. The van der Waals surface area contributed by atoms with Gasteiger partial charge in [0.2, 0.25) is 5.91 Å². The molecule has 1 N–H and O–H groups in total. The van der Waals surface area contributed by atoms with E-state index in [2.05, 4.69) is 35.1 Å². The molecule has 0 saturated carbocycles. The van der Waals surface area contributed by atoms with Gasteiger partial charge in [-0.2, -0.15) is 11.8 Å². The number of nitrogens with zero attached hydrogens (tertiary/aromatic N) is 2. The van der Waals surface area contributed by atoms with E-state index < -0.39 is 0 Å². The van der Waals surface area contributed by atoms with E-state index in [1.54, 1.807) is 0 Å². The molecule has 1 saturated heterocycles. The lowest BCUT2D eigenvalue weighted by molar-refractivity contribution is -0.120. The molecular weight excluding hydrogens is 258 g/mol. The first kappa shape index (κ1) is 12.9. The first-order valence-corrected chi connectivity index (χ1v) is 7.92. The van der Waals surface area contributed by atoms with Crippen LogP contribution in [-0.2, 0) is 11.3 Å². The highest BCUT2D eigenvalue weighted by molar-refractivity contribution is 7.99. The molecule has 1 aromatic rings. The van der Waals surface area contributed by atoms with Crippen LogP contribution in [0, 0.1) is 0 Å². The number of nitrogens with one attached hydrogen (secondary N) is 1. The fourth-order valence-corrected chi connectivity index (χ4v) is 3.68. The number of hydrogen-bond donors (Lipinski definition) is 1. The third-order valence-electron chi connectivity index (χ3n) is 3.81. The number of carbonyl (C=O) groups excluding carboxylic acids is 1. The van der Waals surface area contributed by atoms with Crippen molar-refractivity contribution >= 4 is 23.5 Å². The van der Waals surface area contributed by atoms with Crippen molar-refractivity contribution in [3.8, 4) is 0 Å². The first-order valence-electron chi connectivity index (χ1n) is 6.76. The molecule has 1 unspecified atom stereocenters. The monoisotopic (exact) mass is 277 g/mol. The van der Waals surface area contributed by atoms with Gasteiger partial charge in [0, 0.05) is 36.4 Å². The summed E-state index contributed by atoms with van der Waals surface area (Å²) < 4.78 is 0. The molecule has 0 aromatic carbocycles. The molecule has 4 nitrogen and oxygen atoms in total. The van der Waals surface area contributed by atoms with E-state index in [9.17, 15) is 4.79 Å². The van der Waals surface area contributed by atoms with Crippen molar-refractivity contribution in [3.63, 3.8) is 0 Å². The summed E-state index contributed by atoms with van der Waals surface area (Å²) in [7, 11) is 0. The van der Waals surface area contributed by atoms with E-state index in [0.717, 1.165) is 36.0 Å². The van der Waals surface area contributed by atoms with Gasteiger partial charge in [-0.3, -0.25) is 9.69 Å². The number of thioether (sulfide) groups is 1. The SMILES string of the molecule is CC(C)c1cnc2c(c1)CN1CCSCC1C(=O)N2. The summed E-state index contributed by atoms with van der Waals surface area (Å²) >= 11 is 1.86. The third-order valence-corrected chi connectivity index (χ3v) is 4.83. The Kier molecular flexibility index (Phi) is 3.50. The van der Waals surface area contributed by atoms with Gasteiger partial charge in [0.05, 0.1) is 6.04 Å². The van der Waals surface area contributed by atoms with Crippen molar-refractivity contribution in [2.24, 2.45) is 0 Å². The topological polar surface area (TPSA) is 45.2 Å². The summed E-state index contributed by atoms with van der Waals surface area (Å²) in [4.78, 5) is 18.9. The van der Waals surface area contributed by atoms with Gasteiger partial charge in [0.25, 0.3) is 0 Å². The van der Waals surface area contributed by atoms with Gasteiger partial charge in [0.15, 0.2) is 0 Å². The quantitative estimate of drug-likeness (QED) is 0.853. The molecule has 1 aromatic heterocycles. The van der Waals surface area contributed by atoms with E-state index in [1.165, 1.54) is 5.56 Å². The van der Waals surface area contributed by atoms with Crippen LogP contribution in [0.5, 0.6) is 0 Å². The van der Waals surface area contributed by atoms with Crippen LogP contribution in [0.1, 0.15) is 30.9 Å². The fraction of sp³-hybridized carbons (Fsp3) is 0.571.